The Balaban J connectivity index is 1.78. The molecule has 3 rings (SSSR count). The van der Waals surface area contributed by atoms with Gasteiger partial charge in [0, 0.05) is 6.61 Å². The lowest BCUT2D eigenvalue weighted by molar-refractivity contribution is -0.0809. The minimum Gasteiger partial charge on any atom is -0.378 e. The van der Waals surface area contributed by atoms with Crippen LogP contribution in [-0.2, 0) is 17.6 Å². The van der Waals surface area contributed by atoms with Crippen LogP contribution in [0, 0.1) is 5.41 Å². The van der Waals surface area contributed by atoms with Crippen molar-refractivity contribution < 1.29 is 4.74 Å². The van der Waals surface area contributed by atoms with Gasteiger partial charge in [0.15, 0.2) is 0 Å². The van der Waals surface area contributed by atoms with Gasteiger partial charge in [-0.05, 0) is 80.1 Å². The van der Waals surface area contributed by atoms with E-state index in [2.05, 4.69) is 73.3 Å². The summed E-state index contributed by atoms with van der Waals surface area (Å²) in [5, 5.41) is 0. The second-order valence-corrected chi connectivity index (χ2v) is 8.82. The molecule has 1 atom stereocenters. The molecule has 0 spiro atoms. The molecule has 2 heteroatoms. The van der Waals surface area contributed by atoms with Crippen molar-refractivity contribution in [3.05, 3.63) is 71.8 Å². The van der Waals surface area contributed by atoms with Crippen LogP contribution in [0.2, 0.25) is 0 Å². The van der Waals surface area contributed by atoms with Crippen LogP contribution in [0.1, 0.15) is 62.5 Å². The van der Waals surface area contributed by atoms with E-state index in [1.54, 1.807) is 0 Å². The highest BCUT2D eigenvalue weighted by molar-refractivity contribution is 7.80. The van der Waals surface area contributed by atoms with Crippen LogP contribution in [0.15, 0.2) is 60.7 Å². The molecule has 0 bridgehead atoms. The van der Waals surface area contributed by atoms with Crippen molar-refractivity contribution in [3.8, 4) is 0 Å². The molecule has 1 heterocycles. The zero-order chi connectivity index (χ0) is 19.5. The Labute approximate surface area is 177 Å². The molecule has 0 aromatic heterocycles. The first kappa shape index (κ1) is 21.5. The third kappa shape index (κ3) is 6.39. The molecule has 0 amide bonds. The summed E-state index contributed by atoms with van der Waals surface area (Å²) < 4.78 is 6.43. The minimum absolute atomic E-state index is 0.273. The van der Waals surface area contributed by atoms with E-state index in [1.165, 1.54) is 62.5 Å². The maximum Gasteiger partial charge on any atom is 0.0631 e. The Bertz CT molecular complexity index is 605. The summed E-state index contributed by atoms with van der Waals surface area (Å²) in [6, 6.07) is 22.0. The Morgan fingerprint density at radius 2 is 1.39 bits per heavy atom. The SMILES string of the molecule is SCCCCC(CCc1ccccc1)(CCc1ccccc1)C1CCCCO1. The maximum atomic E-state index is 6.43. The van der Waals surface area contributed by atoms with Gasteiger partial charge < -0.3 is 4.74 Å². The first-order valence-electron chi connectivity index (χ1n) is 11.1. The maximum absolute atomic E-state index is 6.43. The molecular formula is C26H36OS. The average molecular weight is 397 g/mol. The highest BCUT2D eigenvalue weighted by Gasteiger charge is 2.39. The number of hydrogen-bond acceptors (Lipinski definition) is 2. The Hall–Kier alpha value is -1.25. The fraction of sp³-hybridized carbons (Fsp3) is 0.538. The van der Waals surface area contributed by atoms with Gasteiger partial charge >= 0.3 is 0 Å². The second-order valence-electron chi connectivity index (χ2n) is 8.37. The highest BCUT2D eigenvalue weighted by Crippen LogP contribution is 2.43. The zero-order valence-electron chi connectivity index (χ0n) is 17.2. The molecule has 1 nitrogen and oxygen atoms in total. The molecule has 152 valence electrons. The van der Waals surface area contributed by atoms with E-state index >= 15 is 0 Å². The van der Waals surface area contributed by atoms with E-state index in [0.717, 1.165) is 25.2 Å². The smallest absolute Gasteiger partial charge is 0.0631 e. The van der Waals surface area contributed by atoms with E-state index in [4.69, 9.17) is 4.74 Å². The summed E-state index contributed by atoms with van der Waals surface area (Å²) in [7, 11) is 0. The second kappa shape index (κ2) is 11.7. The fourth-order valence-corrected chi connectivity index (χ4v) is 4.97. The average Bonchev–Trinajstić information content (AvgIpc) is 2.77. The molecular weight excluding hydrogens is 360 g/mol. The van der Waals surface area contributed by atoms with Crippen LogP contribution < -0.4 is 0 Å². The molecule has 1 unspecified atom stereocenters. The Morgan fingerprint density at radius 1 is 0.786 bits per heavy atom. The number of benzene rings is 2. The largest absolute Gasteiger partial charge is 0.378 e. The molecule has 28 heavy (non-hydrogen) atoms. The van der Waals surface area contributed by atoms with Crippen molar-refractivity contribution in [1.29, 1.82) is 0 Å². The summed E-state index contributed by atoms with van der Waals surface area (Å²) in [6.07, 6.45) is 12.6. The molecule has 0 N–H and O–H groups in total. The van der Waals surface area contributed by atoms with Crippen molar-refractivity contribution >= 4 is 12.6 Å². The van der Waals surface area contributed by atoms with Gasteiger partial charge in [-0.1, -0.05) is 67.1 Å². The highest BCUT2D eigenvalue weighted by atomic mass is 32.1. The first-order chi connectivity index (χ1) is 13.8. The van der Waals surface area contributed by atoms with Crippen molar-refractivity contribution in [2.75, 3.05) is 12.4 Å². The van der Waals surface area contributed by atoms with Crippen LogP contribution in [-0.4, -0.2) is 18.5 Å². The number of aryl methyl sites for hydroxylation is 2. The molecule has 2 aromatic carbocycles. The molecule has 1 fully saturated rings. The van der Waals surface area contributed by atoms with Gasteiger partial charge in [-0.25, -0.2) is 0 Å². The van der Waals surface area contributed by atoms with Crippen molar-refractivity contribution in [1.82, 2.24) is 0 Å². The zero-order valence-corrected chi connectivity index (χ0v) is 18.1. The molecule has 1 aliphatic heterocycles. The van der Waals surface area contributed by atoms with Crippen LogP contribution in [0.4, 0.5) is 0 Å². The molecule has 0 radical (unpaired) electrons. The van der Waals surface area contributed by atoms with Crippen LogP contribution in [0.25, 0.3) is 0 Å². The lowest BCUT2D eigenvalue weighted by atomic mass is 9.68. The van der Waals surface area contributed by atoms with Gasteiger partial charge in [0.25, 0.3) is 0 Å². The van der Waals surface area contributed by atoms with Crippen molar-refractivity contribution in [2.24, 2.45) is 5.41 Å². The predicted octanol–water partition coefficient (Wildman–Crippen LogP) is 6.91. The summed E-state index contributed by atoms with van der Waals surface area (Å²) in [5.74, 6) is 0.985. The standard InChI is InChI=1S/C26H36OS/c28-22-10-8-18-26(25-15-7-9-21-27-25,19-16-23-11-3-1-4-12-23)20-17-24-13-5-2-6-14-24/h1-6,11-14,25,28H,7-10,15-22H2. The quantitative estimate of drug-likeness (QED) is 0.321. The first-order valence-corrected chi connectivity index (χ1v) is 11.8. The number of hydrogen-bond donors (Lipinski definition) is 1. The molecule has 0 aliphatic carbocycles. The summed E-state index contributed by atoms with van der Waals surface area (Å²) in [6.45, 7) is 0.940. The molecule has 1 aliphatic rings. The lowest BCUT2D eigenvalue weighted by Gasteiger charge is -2.43. The third-order valence-electron chi connectivity index (χ3n) is 6.45. The minimum atomic E-state index is 0.273. The number of unbranched alkanes of at least 4 members (excludes halogenated alkanes) is 1. The van der Waals surface area contributed by atoms with E-state index in [0.29, 0.717) is 6.10 Å². The molecule has 2 aromatic rings. The third-order valence-corrected chi connectivity index (χ3v) is 6.77. The van der Waals surface area contributed by atoms with Crippen molar-refractivity contribution in [2.45, 2.75) is 70.3 Å². The molecule has 0 saturated carbocycles. The van der Waals surface area contributed by atoms with Gasteiger partial charge in [0.2, 0.25) is 0 Å². The van der Waals surface area contributed by atoms with E-state index < -0.39 is 0 Å². The van der Waals surface area contributed by atoms with Gasteiger partial charge in [0.05, 0.1) is 6.10 Å². The number of ether oxygens (including phenoxy) is 1. The fourth-order valence-electron chi connectivity index (χ4n) is 4.75. The van der Waals surface area contributed by atoms with Gasteiger partial charge in [-0.3, -0.25) is 0 Å². The van der Waals surface area contributed by atoms with Gasteiger partial charge in [-0.15, -0.1) is 0 Å². The molecule has 1 saturated heterocycles. The topological polar surface area (TPSA) is 9.23 Å². The lowest BCUT2D eigenvalue weighted by Crippen LogP contribution is -2.40. The normalized spacial score (nSPS) is 17.5. The van der Waals surface area contributed by atoms with Gasteiger partial charge in [0.1, 0.15) is 0 Å². The van der Waals surface area contributed by atoms with E-state index in [1.807, 2.05) is 0 Å². The van der Waals surface area contributed by atoms with Crippen LogP contribution >= 0.6 is 12.6 Å². The summed E-state index contributed by atoms with van der Waals surface area (Å²) in [5.41, 5.74) is 3.18. The number of rotatable bonds is 11. The van der Waals surface area contributed by atoms with Gasteiger partial charge in [-0.2, -0.15) is 12.6 Å². The Kier molecular flexibility index (Phi) is 8.95. The summed E-state index contributed by atoms with van der Waals surface area (Å²) >= 11 is 4.47. The Morgan fingerprint density at radius 3 is 1.89 bits per heavy atom. The number of thiol groups is 1. The van der Waals surface area contributed by atoms with E-state index in [9.17, 15) is 0 Å². The van der Waals surface area contributed by atoms with Crippen LogP contribution in [0.5, 0.6) is 0 Å². The van der Waals surface area contributed by atoms with E-state index in [-0.39, 0.29) is 5.41 Å². The predicted molar refractivity (Wildman–Crippen MR) is 123 cm³/mol. The monoisotopic (exact) mass is 396 g/mol. The van der Waals surface area contributed by atoms with Crippen molar-refractivity contribution in [3.63, 3.8) is 0 Å². The summed E-state index contributed by atoms with van der Waals surface area (Å²) in [4.78, 5) is 0. The van der Waals surface area contributed by atoms with Crippen LogP contribution in [0.3, 0.4) is 0 Å².